The summed E-state index contributed by atoms with van der Waals surface area (Å²) in [7, 11) is 2.74. The Morgan fingerprint density at radius 2 is 1.61 bits per heavy atom. The molecule has 0 aliphatic heterocycles. The van der Waals surface area contributed by atoms with Gasteiger partial charge in [-0.25, -0.2) is 4.79 Å². The van der Waals surface area contributed by atoms with Gasteiger partial charge in [0.15, 0.2) is 0 Å². The van der Waals surface area contributed by atoms with E-state index in [1.165, 1.54) is 14.1 Å². The molecule has 0 bridgehead atoms. The summed E-state index contributed by atoms with van der Waals surface area (Å²) in [6.07, 6.45) is 0. The fraction of sp³-hybridized carbons (Fsp3) is 0.111. The van der Waals surface area contributed by atoms with Crippen molar-refractivity contribution in [2.24, 2.45) is 14.1 Å². The summed E-state index contributed by atoms with van der Waals surface area (Å²) >= 11 is 0. The second kappa shape index (κ2) is 8.29. The lowest BCUT2D eigenvalue weighted by atomic mass is 9.84. The van der Waals surface area contributed by atoms with Gasteiger partial charge in [0, 0.05) is 24.9 Å². The number of aromatic hydroxyl groups is 1. The van der Waals surface area contributed by atoms with Gasteiger partial charge >= 0.3 is 5.69 Å². The number of nitrogens with two attached hydrogens (primary N) is 1. The van der Waals surface area contributed by atoms with Crippen LogP contribution in [0.2, 0.25) is 0 Å². The van der Waals surface area contributed by atoms with Crippen molar-refractivity contribution in [3.8, 4) is 11.8 Å². The van der Waals surface area contributed by atoms with Gasteiger partial charge < -0.3 is 15.8 Å². The van der Waals surface area contributed by atoms with Crippen LogP contribution >= 0.6 is 0 Å². The minimum Gasteiger partial charge on any atom is -0.507 e. The van der Waals surface area contributed by atoms with E-state index in [2.05, 4.69) is 4.98 Å². The monoisotopic (exact) mass is 479 g/mol. The Labute approximate surface area is 203 Å². The standard InChI is InChI=1S/C27H21N5O4/c1-31-24(29)21(26(35)32(2)27(31)36)19(16-9-7-14(13-28)8-10-16)20-23(33)18-12-11-15-5-3-4-6-17(15)22(18)30-25(20)34/h3-12,19H,29H2,1-2H3,(H2,30,33,34). The zero-order valence-electron chi connectivity index (χ0n) is 19.4. The Bertz CT molecular complexity index is 1910. The van der Waals surface area contributed by atoms with Crippen LogP contribution in [0.25, 0.3) is 21.7 Å². The molecule has 0 saturated heterocycles. The number of rotatable bonds is 3. The summed E-state index contributed by atoms with van der Waals surface area (Å²) in [4.78, 5) is 42.3. The molecule has 0 radical (unpaired) electrons. The summed E-state index contributed by atoms with van der Waals surface area (Å²) in [5.41, 5.74) is 5.50. The van der Waals surface area contributed by atoms with E-state index in [0.717, 1.165) is 19.9 Å². The lowest BCUT2D eigenvalue weighted by molar-refractivity contribution is 0.471. The number of hydrogen-bond acceptors (Lipinski definition) is 6. The molecule has 178 valence electrons. The van der Waals surface area contributed by atoms with Crippen LogP contribution in [0.5, 0.6) is 5.75 Å². The maximum Gasteiger partial charge on any atom is 0.332 e. The molecular weight excluding hydrogens is 458 g/mol. The molecule has 0 spiro atoms. The number of H-pyrrole nitrogens is 1. The van der Waals surface area contributed by atoms with Crippen molar-refractivity contribution in [3.05, 3.63) is 114 Å². The summed E-state index contributed by atoms with van der Waals surface area (Å²) in [5, 5.41) is 22.7. The molecule has 0 saturated carbocycles. The summed E-state index contributed by atoms with van der Waals surface area (Å²) in [6, 6.07) is 19.3. The van der Waals surface area contributed by atoms with Gasteiger partial charge in [0.05, 0.1) is 34.2 Å². The van der Waals surface area contributed by atoms with Crippen LogP contribution in [-0.2, 0) is 14.1 Å². The molecule has 2 aromatic heterocycles. The molecule has 1 unspecified atom stereocenters. The van der Waals surface area contributed by atoms with Gasteiger partial charge in [-0.05, 0) is 29.1 Å². The van der Waals surface area contributed by atoms with Crippen LogP contribution in [0.4, 0.5) is 5.82 Å². The van der Waals surface area contributed by atoms with Crippen molar-refractivity contribution >= 4 is 27.5 Å². The van der Waals surface area contributed by atoms with Crippen LogP contribution in [0.1, 0.15) is 28.2 Å². The predicted molar refractivity (Wildman–Crippen MR) is 137 cm³/mol. The third kappa shape index (κ3) is 3.27. The smallest absolute Gasteiger partial charge is 0.332 e. The Morgan fingerprint density at radius 3 is 2.31 bits per heavy atom. The number of nitrogens with zero attached hydrogens (tertiary/aromatic N) is 3. The zero-order valence-corrected chi connectivity index (χ0v) is 19.4. The maximum absolute atomic E-state index is 13.6. The molecule has 0 fully saturated rings. The number of nitrogen functional groups attached to an aromatic ring is 1. The first-order valence-electron chi connectivity index (χ1n) is 11.1. The highest BCUT2D eigenvalue weighted by atomic mass is 16.3. The molecule has 5 rings (SSSR count). The zero-order chi connectivity index (χ0) is 25.7. The topological polar surface area (TPSA) is 147 Å². The number of nitriles is 1. The first kappa shape index (κ1) is 22.7. The summed E-state index contributed by atoms with van der Waals surface area (Å²) < 4.78 is 2.02. The van der Waals surface area contributed by atoms with Crippen molar-refractivity contribution in [2.45, 2.75) is 5.92 Å². The summed E-state index contributed by atoms with van der Waals surface area (Å²) in [5.74, 6) is -1.55. The van der Waals surface area contributed by atoms with E-state index in [1.54, 1.807) is 30.3 Å². The van der Waals surface area contributed by atoms with Gasteiger partial charge in [-0.15, -0.1) is 0 Å². The molecule has 36 heavy (non-hydrogen) atoms. The second-order valence-corrected chi connectivity index (χ2v) is 8.60. The predicted octanol–water partition coefficient (Wildman–Crippen LogP) is 2.42. The quantitative estimate of drug-likeness (QED) is 0.339. The van der Waals surface area contributed by atoms with E-state index in [0.29, 0.717) is 22.0 Å². The van der Waals surface area contributed by atoms with E-state index in [9.17, 15) is 24.8 Å². The first-order chi connectivity index (χ1) is 17.2. The van der Waals surface area contributed by atoms with E-state index in [4.69, 9.17) is 5.73 Å². The largest absolute Gasteiger partial charge is 0.507 e. The maximum atomic E-state index is 13.6. The van der Waals surface area contributed by atoms with Gasteiger partial charge in [-0.2, -0.15) is 5.26 Å². The Balaban J connectivity index is 1.92. The van der Waals surface area contributed by atoms with Crippen molar-refractivity contribution < 1.29 is 5.11 Å². The van der Waals surface area contributed by atoms with E-state index < -0.39 is 22.7 Å². The first-order valence-corrected chi connectivity index (χ1v) is 11.1. The highest BCUT2D eigenvalue weighted by molar-refractivity contribution is 6.07. The van der Waals surface area contributed by atoms with Crippen LogP contribution in [0.3, 0.4) is 0 Å². The molecule has 0 aliphatic rings. The molecule has 1 atom stereocenters. The second-order valence-electron chi connectivity index (χ2n) is 8.60. The van der Waals surface area contributed by atoms with E-state index in [1.807, 2.05) is 36.4 Å². The molecule has 0 amide bonds. The Morgan fingerprint density at radius 1 is 0.917 bits per heavy atom. The number of benzene rings is 3. The fourth-order valence-electron chi connectivity index (χ4n) is 4.69. The molecule has 0 aliphatic carbocycles. The van der Waals surface area contributed by atoms with Crippen molar-refractivity contribution in [1.82, 2.24) is 14.1 Å². The molecule has 4 N–H and O–H groups in total. The number of fused-ring (bicyclic) bond motifs is 3. The van der Waals surface area contributed by atoms with Crippen LogP contribution < -0.4 is 22.5 Å². The van der Waals surface area contributed by atoms with Crippen LogP contribution in [0, 0.1) is 11.3 Å². The minimum absolute atomic E-state index is 0.0368. The number of nitrogens with one attached hydrogen (secondary N) is 1. The van der Waals surface area contributed by atoms with Gasteiger partial charge in [-0.1, -0.05) is 42.5 Å². The average Bonchev–Trinajstić information content (AvgIpc) is 2.90. The third-order valence-electron chi connectivity index (χ3n) is 6.62. The van der Waals surface area contributed by atoms with Crippen molar-refractivity contribution in [3.63, 3.8) is 0 Å². The number of aromatic nitrogens is 3. The molecule has 2 heterocycles. The molecule has 5 aromatic rings. The number of aromatic amines is 1. The molecule has 9 heteroatoms. The van der Waals surface area contributed by atoms with Gasteiger partial charge in [0.2, 0.25) is 0 Å². The van der Waals surface area contributed by atoms with Crippen molar-refractivity contribution in [1.29, 1.82) is 5.26 Å². The molecule has 3 aromatic carbocycles. The summed E-state index contributed by atoms with van der Waals surface area (Å²) in [6.45, 7) is 0. The Kier molecular flexibility index (Phi) is 5.22. The SMILES string of the molecule is Cn1c(N)c(C(c2ccc(C#N)cc2)c2c(O)c3ccc4ccccc4c3[nH]c2=O)c(=O)n(C)c1=O. The fourth-order valence-corrected chi connectivity index (χ4v) is 4.69. The lowest BCUT2D eigenvalue weighted by Crippen LogP contribution is -2.41. The highest BCUT2D eigenvalue weighted by Crippen LogP contribution is 2.39. The van der Waals surface area contributed by atoms with Gasteiger partial charge in [-0.3, -0.25) is 18.7 Å². The van der Waals surface area contributed by atoms with Gasteiger partial charge in [0.1, 0.15) is 11.6 Å². The average molecular weight is 479 g/mol. The highest BCUT2D eigenvalue weighted by Gasteiger charge is 2.31. The van der Waals surface area contributed by atoms with E-state index >= 15 is 0 Å². The van der Waals surface area contributed by atoms with E-state index in [-0.39, 0.29) is 22.7 Å². The lowest BCUT2D eigenvalue weighted by Gasteiger charge is -2.22. The number of pyridine rings is 1. The Hall–Kier alpha value is -5.10. The number of anilines is 1. The van der Waals surface area contributed by atoms with Gasteiger partial charge in [0.25, 0.3) is 11.1 Å². The van der Waals surface area contributed by atoms with Crippen LogP contribution in [0.15, 0.2) is 75.0 Å². The van der Waals surface area contributed by atoms with Crippen LogP contribution in [-0.4, -0.2) is 19.2 Å². The number of hydrogen-bond donors (Lipinski definition) is 3. The molecular formula is C27H21N5O4. The normalized spacial score (nSPS) is 12.0. The third-order valence-corrected chi connectivity index (χ3v) is 6.62. The molecule has 9 nitrogen and oxygen atoms in total. The minimum atomic E-state index is -1.12. The van der Waals surface area contributed by atoms with Crippen molar-refractivity contribution in [2.75, 3.05) is 5.73 Å².